The molecule has 0 radical (unpaired) electrons. The maximum Gasteiger partial charge on any atom is 0.338 e. The Bertz CT molecular complexity index is 763. The normalized spacial score (nSPS) is 12.1. The molecule has 2 aromatic heterocycles. The largest absolute Gasteiger partial charge is 0.449 e. The third kappa shape index (κ3) is 3.07. The number of carbonyl (C=O) groups excluding carboxylic acids is 1. The molecule has 0 aliphatic rings. The number of ether oxygens (including phenoxy) is 1. The van der Waals surface area contributed by atoms with Crippen molar-refractivity contribution in [2.75, 3.05) is 0 Å². The lowest BCUT2D eigenvalue weighted by molar-refractivity contribution is 0.0280. The number of esters is 1. The highest BCUT2D eigenvalue weighted by Crippen LogP contribution is 2.26. The lowest BCUT2D eigenvalue weighted by atomic mass is 10.1. The van der Waals surface area contributed by atoms with Gasteiger partial charge in [0.2, 0.25) is 0 Å². The van der Waals surface area contributed by atoms with Crippen LogP contribution in [-0.2, 0) is 4.74 Å². The molecular formula is C16H14N2O3S. The topological polar surface area (TPSA) is 65.2 Å². The Morgan fingerprint density at radius 2 is 2.00 bits per heavy atom. The Morgan fingerprint density at radius 1 is 1.23 bits per heavy atom. The number of hydrogen-bond donors (Lipinski definition) is 0. The van der Waals surface area contributed by atoms with Crippen LogP contribution in [0.25, 0.3) is 10.8 Å². The van der Waals surface area contributed by atoms with E-state index in [1.807, 2.05) is 36.6 Å². The van der Waals surface area contributed by atoms with Gasteiger partial charge in [-0.2, -0.15) is 0 Å². The minimum atomic E-state index is -0.602. The number of hydrogen-bond acceptors (Lipinski definition) is 6. The van der Waals surface area contributed by atoms with Gasteiger partial charge < -0.3 is 9.15 Å². The summed E-state index contributed by atoms with van der Waals surface area (Å²) in [5.41, 5.74) is 1.58. The third-order valence-corrected chi connectivity index (χ3v) is 3.95. The van der Waals surface area contributed by atoms with Gasteiger partial charge in [-0.15, -0.1) is 21.5 Å². The van der Waals surface area contributed by atoms with Gasteiger partial charge >= 0.3 is 5.97 Å². The first-order valence-electron chi connectivity index (χ1n) is 6.78. The van der Waals surface area contributed by atoms with E-state index < -0.39 is 12.1 Å². The summed E-state index contributed by atoms with van der Waals surface area (Å²) >= 11 is 1.51. The van der Waals surface area contributed by atoms with Crippen molar-refractivity contribution in [2.45, 2.75) is 20.0 Å². The first kappa shape index (κ1) is 14.5. The third-order valence-electron chi connectivity index (χ3n) is 3.09. The van der Waals surface area contributed by atoms with E-state index in [1.54, 1.807) is 19.1 Å². The lowest BCUT2D eigenvalue weighted by Gasteiger charge is -2.09. The standard InChI is InChI=1S/C16H14N2O3S/c1-10-5-7-12(8-6-10)16(19)20-11(2)14-17-18-15(21-14)13-4-3-9-22-13/h3-9,11H,1-2H3/t11-/m0/s1. The van der Waals surface area contributed by atoms with Gasteiger partial charge in [0.15, 0.2) is 6.10 Å². The molecule has 6 heteroatoms. The molecule has 112 valence electrons. The molecule has 22 heavy (non-hydrogen) atoms. The van der Waals surface area contributed by atoms with Crippen molar-refractivity contribution in [3.8, 4) is 10.8 Å². The van der Waals surface area contributed by atoms with E-state index >= 15 is 0 Å². The molecule has 0 fully saturated rings. The molecule has 0 amide bonds. The van der Waals surface area contributed by atoms with Gasteiger partial charge in [-0.1, -0.05) is 23.8 Å². The molecule has 5 nitrogen and oxygen atoms in total. The van der Waals surface area contributed by atoms with Crippen molar-refractivity contribution in [1.29, 1.82) is 0 Å². The molecule has 1 aromatic carbocycles. The van der Waals surface area contributed by atoms with Crippen molar-refractivity contribution in [3.05, 3.63) is 58.8 Å². The second-order valence-corrected chi connectivity index (χ2v) is 5.78. The SMILES string of the molecule is Cc1ccc(C(=O)O[C@@H](C)c2nnc(-c3cccs3)o2)cc1. The van der Waals surface area contributed by atoms with E-state index in [1.165, 1.54) is 11.3 Å². The van der Waals surface area contributed by atoms with E-state index in [2.05, 4.69) is 10.2 Å². The van der Waals surface area contributed by atoms with Gasteiger partial charge in [0, 0.05) is 0 Å². The van der Waals surface area contributed by atoms with Gasteiger partial charge in [-0.25, -0.2) is 4.79 Å². The predicted octanol–water partition coefficient (Wildman–Crippen LogP) is 4.02. The smallest absolute Gasteiger partial charge is 0.338 e. The van der Waals surface area contributed by atoms with E-state index in [-0.39, 0.29) is 5.89 Å². The molecular weight excluding hydrogens is 300 g/mol. The van der Waals surface area contributed by atoms with Crippen molar-refractivity contribution in [1.82, 2.24) is 10.2 Å². The summed E-state index contributed by atoms with van der Waals surface area (Å²) in [5.74, 6) is 0.301. The van der Waals surface area contributed by atoms with Crippen LogP contribution < -0.4 is 0 Å². The first-order chi connectivity index (χ1) is 10.6. The zero-order chi connectivity index (χ0) is 15.5. The Labute approximate surface area is 131 Å². The zero-order valence-corrected chi connectivity index (χ0v) is 13.0. The van der Waals surface area contributed by atoms with Crippen molar-refractivity contribution in [2.24, 2.45) is 0 Å². The lowest BCUT2D eigenvalue weighted by Crippen LogP contribution is -2.09. The van der Waals surface area contributed by atoms with Crippen LogP contribution in [0, 0.1) is 6.92 Å². The van der Waals surface area contributed by atoms with Crippen LogP contribution in [0.5, 0.6) is 0 Å². The van der Waals surface area contributed by atoms with Gasteiger partial charge in [-0.05, 0) is 37.4 Å². The number of rotatable bonds is 4. The van der Waals surface area contributed by atoms with Crippen LogP contribution in [0.2, 0.25) is 0 Å². The van der Waals surface area contributed by atoms with Crippen LogP contribution in [0.15, 0.2) is 46.2 Å². The van der Waals surface area contributed by atoms with Crippen LogP contribution in [0.3, 0.4) is 0 Å². The minimum Gasteiger partial charge on any atom is -0.449 e. The van der Waals surface area contributed by atoms with Gasteiger partial charge in [-0.3, -0.25) is 0 Å². The molecule has 0 bridgehead atoms. The monoisotopic (exact) mass is 314 g/mol. The molecule has 0 saturated heterocycles. The number of thiophene rings is 1. The Balaban J connectivity index is 1.70. The molecule has 2 heterocycles. The molecule has 0 unspecified atom stereocenters. The molecule has 3 rings (SSSR count). The quantitative estimate of drug-likeness (QED) is 0.680. The summed E-state index contributed by atoms with van der Waals surface area (Å²) in [7, 11) is 0. The number of aromatic nitrogens is 2. The van der Waals surface area contributed by atoms with Crippen molar-refractivity contribution in [3.63, 3.8) is 0 Å². The second kappa shape index (κ2) is 6.11. The highest BCUT2D eigenvalue weighted by atomic mass is 32.1. The minimum absolute atomic E-state index is 0.281. The van der Waals surface area contributed by atoms with E-state index in [4.69, 9.17) is 9.15 Å². The highest BCUT2D eigenvalue weighted by molar-refractivity contribution is 7.13. The average Bonchev–Trinajstić information content (AvgIpc) is 3.19. The predicted molar refractivity (Wildman–Crippen MR) is 82.6 cm³/mol. The molecule has 0 spiro atoms. The van der Waals surface area contributed by atoms with Gasteiger partial charge in [0.05, 0.1) is 10.4 Å². The van der Waals surface area contributed by atoms with E-state index in [0.717, 1.165) is 10.4 Å². The number of aryl methyl sites for hydroxylation is 1. The molecule has 0 aliphatic carbocycles. The Hall–Kier alpha value is -2.47. The number of benzene rings is 1. The van der Waals surface area contributed by atoms with Crippen LogP contribution in [0.4, 0.5) is 0 Å². The van der Waals surface area contributed by atoms with Crippen molar-refractivity contribution < 1.29 is 13.9 Å². The summed E-state index contributed by atoms with van der Waals surface area (Å²) in [6.07, 6.45) is -0.602. The van der Waals surface area contributed by atoms with Crippen molar-refractivity contribution >= 4 is 17.3 Å². The summed E-state index contributed by atoms with van der Waals surface area (Å²) in [6, 6.07) is 11.0. The van der Waals surface area contributed by atoms with Gasteiger partial charge in [0.1, 0.15) is 0 Å². The molecule has 0 N–H and O–H groups in total. The Kier molecular flexibility index (Phi) is 4.02. The Morgan fingerprint density at radius 3 is 2.68 bits per heavy atom. The summed E-state index contributed by atoms with van der Waals surface area (Å²) < 4.78 is 10.9. The van der Waals surface area contributed by atoms with Crippen LogP contribution in [-0.4, -0.2) is 16.2 Å². The van der Waals surface area contributed by atoms with E-state index in [9.17, 15) is 4.79 Å². The number of carbonyl (C=O) groups is 1. The fraction of sp³-hybridized carbons (Fsp3) is 0.188. The molecule has 1 atom stereocenters. The first-order valence-corrected chi connectivity index (χ1v) is 7.66. The summed E-state index contributed by atoms with van der Waals surface area (Å²) in [4.78, 5) is 13.0. The fourth-order valence-electron chi connectivity index (χ4n) is 1.87. The fourth-order valence-corrected chi connectivity index (χ4v) is 2.51. The van der Waals surface area contributed by atoms with E-state index in [0.29, 0.717) is 11.5 Å². The molecule has 3 aromatic rings. The maximum absolute atomic E-state index is 12.1. The van der Waals surface area contributed by atoms with Gasteiger partial charge in [0.25, 0.3) is 11.8 Å². The maximum atomic E-state index is 12.1. The highest BCUT2D eigenvalue weighted by Gasteiger charge is 2.20. The summed E-state index contributed by atoms with van der Waals surface area (Å²) in [6.45, 7) is 3.67. The van der Waals surface area contributed by atoms with Crippen LogP contribution in [0.1, 0.15) is 34.8 Å². The zero-order valence-electron chi connectivity index (χ0n) is 12.1. The molecule has 0 saturated carbocycles. The number of nitrogens with zero attached hydrogens (tertiary/aromatic N) is 2. The second-order valence-electron chi connectivity index (χ2n) is 4.84. The van der Waals surface area contributed by atoms with Crippen LogP contribution >= 0.6 is 11.3 Å². The molecule has 0 aliphatic heterocycles. The summed E-state index contributed by atoms with van der Waals surface area (Å²) in [5, 5.41) is 9.85. The average molecular weight is 314 g/mol.